The Morgan fingerprint density at radius 1 is 1.26 bits per heavy atom. The molecule has 0 saturated carbocycles. The first kappa shape index (κ1) is 13.7. The third-order valence-electron chi connectivity index (χ3n) is 3.63. The van der Waals surface area contributed by atoms with Gasteiger partial charge in [-0.15, -0.1) is 0 Å². The lowest BCUT2D eigenvalue weighted by Crippen LogP contribution is -2.18. The van der Waals surface area contributed by atoms with E-state index in [4.69, 9.17) is 15.2 Å². The third-order valence-corrected chi connectivity index (χ3v) is 3.63. The Kier molecular flexibility index (Phi) is 3.71. The van der Waals surface area contributed by atoms with Gasteiger partial charge in [-0.1, -0.05) is 0 Å². The van der Waals surface area contributed by atoms with E-state index in [1.54, 1.807) is 14.2 Å². The van der Waals surface area contributed by atoms with Crippen molar-refractivity contribution in [2.24, 2.45) is 12.8 Å². The minimum absolute atomic E-state index is 0.126. The van der Waals surface area contributed by atoms with Gasteiger partial charge in [0.15, 0.2) is 0 Å². The predicted octanol–water partition coefficient (Wildman–Crippen LogP) is 2.39. The molecule has 4 heteroatoms. The normalized spacial score (nSPS) is 12.7. The fraction of sp³-hybridized carbons (Fsp3) is 0.467. The summed E-state index contributed by atoms with van der Waals surface area (Å²) in [7, 11) is 5.40. The first-order valence-corrected chi connectivity index (χ1v) is 6.45. The molecule has 0 fully saturated rings. The number of aryl methyl sites for hydroxylation is 1. The quantitative estimate of drug-likeness (QED) is 0.920. The first-order valence-electron chi connectivity index (χ1n) is 6.45. The Morgan fingerprint density at radius 3 is 2.47 bits per heavy atom. The maximum atomic E-state index is 5.96. The molecule has 2 N–H and O–H groups in total. The minimum Gasteiger partial charge on any atom is -0.497 e. The van der Waals surface area contributed by atoms with E-state index in [9.17, 15) is 0 Å². The van der Waals surface area contributed by atoms with Crippen LogP contribution in [0.5, 0.6) is 11.5 Å². The molecule has 1 aromatic carbocycles. The molecule has 19 heavy (non-hydrogen) atoms. The first-order chi connectivity index (χ1) is 8.99. The molecule has 1 atom stereocenters. The average Bonchev–Trinajstić information content (AvgIpc) is 2.62. The van der Waals surface area contributed by atoms with E-state index in [1.807, 2.05) is 13.0 Å². The summed E-state index contributed by atoms with van der Waals surface area (Å²) in [5.41, 5.74) is 9.55. The number of ether oxygens (including phenoxy) is 2. The number of nitrogens with two attached hydrogens (primary N) is 1. The van der Waals surface area contributed by atoms with E-state index in [0.29, 0.717) is 0 Å². The molecular formula is C15H22N2O2. The minimum atomic E-state index is 0.126. The van der Waals surface area contributed by atoms with Crippen LogP contribution in [0.25, 0.3) is 10.9 Å². The van der Waals surface area contributed by atoms with Gasteiger partial charge in [0.05, 0.1) is 19.7 Å². The summed E-state index contributed by atoms with van der Waals surface area (Å²) in [6.07, 6.45) is 0.847. The van der Waals surface area contributed by atoms with Crippen molar-refractivity contribution in [3.8, 4) is 11.5 Å². The van der Waals surface area contributed by atoms with Gasteiger partial charge in [-0.3, -0.25) is 0 Å². The molecule has 2 aromatic rings. The second-order valence-electron chi connectivity index (χ2n) is 5.03. The van der Waals surface area contributed by atoms with Crippen LogP contribution >= 0.6 is 0 Å². The fourth-order valence-corrected chi connectivity index (χ4v) is 2.58. The van der Waals surface area contributed by atoms with Crippen LogP contribution in [-0.2, 0) is 13.5 Å². The fourth-order valence-electron chi connectivity index (χ4n) is 2.58. The Labute approximate surface area is 114 Å². The molecule has 0 aliphatic carbocycles. The molecule has 0 saturated heterocycles. The van der Waals surface area contributed by atoms with Gasteiger partial charge < -0.3 is 19.8 Å². The van der Waals surface area contributed by atoms with Crippen LogP contribution in [0.3, 0.4) is 0 Å². The van der Waals surface area contributed by atoms with Crippen molar-refractivity contribution in [1.82, 2.24) is 4.57 Å². The van der Waals surface area contributed by atoms with Crippen LogP contribution in [0.15, 0.2) is 12.1 Å². The highest BCUT2D eigenvalue weighted by molar-refractivity contribution is 5.92. The second-order valence-corrected chi connectivity index (χ2v) is 5.03. The zero-order chi connectivity index (χ0) is 14.2. The van der Waals surface area contributed by atoms with Gasteiger partial charge in [0.2, 0.25) is 0 Å². The SMILES string of the molecule is COc1cc(OC)c2c(c1)c(CC(C)N)c(C)n2C. The van der Waals surface area contributed by atoms with Crippen molar-refractivity contribution < 1.29 is 9.47 Å². The van der Waals surface area contributed by atoms with E-state index in [1.165, 1.54) is 11.3 Å². The van der Waals surface area contributed by atoms with Gasteiger partial charge in [0, 0.05) is 30.2 Å². The molecule has 0 aliphatic rings. The number of nitrogens with zero attached hydrogens (tertiary/aromatic N) is 1. The molecule has 1 heterocycles. The summed E-state index contributed by atoms with van der Waals surface area (Å²) in [6.45, 7) is 4.14. The predicted molar refractivity (Wildman–Crippen MR) is 78.1 cm³/mol. The van der Waals surface area contributed by atoms with Crippen LogP contribution in [0.1, 0.15) is 18.2 Å². The molecule has 0 radical (unpaired) electrons. The summed E-state index contributed by atoms with van der Waals surface area (Å²) >= 11 is 0. The zero-order valence-corrected chi connectivity index (χ0v) is 12.3. The molecule has 4 nitrogen and oxygen atoms in total. The van der Waals surface area contributed by atoms with E-state index in [0.717, 1.165) is 28.8 Å². The number of aromatic nitrogens is 1. The molecule has 0 bridgehead atoms. The smallest absolute Gasteiger partial charge is 0.146 e. The van der Waals surface area contributed by atoms with Crippen LogP contribution < -0.4 is 15.2 Å². The Hall–Kier alpha value is -1.68. The molecule has 0 amide bonds. The van der Waals surface area contributed by atoms with Gasteiger partial charge in [-0.05, 0) is 31.9 Å². The van der Waals surface area contributed by atoms with E-state index in [-0.39, 0.29) is 6.04 Å². The molecule has 0 spiro atoms. The van der Waals surface area contributed by atoms with E-state index < -0.39 is 0 Å². The van der Waals surface area contributed by atoms with Crippen LogP contribution in [-0.4, -0.2) is 24.8 Å². The number of benzene rings is 1. The average molecular weight is 262 g/mol. The summed E-state index contributed by atoms with van der Waals surface area (Å²) < 4.78 is 13.0. The molecule has 1 unspecified atom stereocenters. The zero-order valence-electron chi connectivity index (χ0n) is 12.3. The number of hydrogen-bond donors (Lipinski definition) is 1. The van der Waals surface area contributed by atoms with Crippen molar-refractivity contribution in [2.45, 2.75) is 26.3 Å². The molecule has 1 aromatic heterocycles. The van der Waals surface area contributed by atoms with Gasteiger partial charge in [-0.25, -0.2) is 0 Å². The maximum absolute atomic E-state index is 5.96. The molecular weight excluding hydrogens is 240 g/mol. The van der Waals surface area contributed by atoms with Gasteiger partial charge in [0.1, 0.15) is 11.5 Å². The van der Waals surface area contributed by atoms with E-state index in [2.05, 4.69) is 24.6 Å². The number of fused-ring (bicyclic) bond motifs is 1. The van der Waals surface area contributed by atoms with Crippen molar-refractivity contribution in [3.63, 3.8) is 0 Å². The van der Waals surface area contributed by atoms with Gasteiger partial charge in [0.25, 0.3) is 0 Å². The van der Waals surface area contributed by atoms with Crippen LogP contribution in [0.2, 0.25) is 0 Å². The topological polar surface area (TPSA) is 49.4 Å². The highest BCUT2D eigenvalue weighted by Crippen LogP contribution is 2.36. The van der Waals surface area contributed by atoms with Crippen molar-refractivity contribution in [1.29, 1.82) is 0 Å². The largest absolute Gasteiger partial charge is 0.497 e. The Bertz CT molecular complexity index is 600. The molecule has 0 aliphatic heterocycles. The summed E-state index contributed by atoms with van der Waals surface area (Å²) in [5, 5.41) is 1.16. The monoisotopic (exact) mass is 262 g/mol. The van der Waals surface area contributed by atoms with E-state index >= 15 is 0 Å². The highest BCUT2D eigenvalue weighted by Gasteiger charge is 2.17. The van der Waals surface area contributed by atoms with Crippen molar-refractivity contribution in [3.05, 3.63) is 23.4 Å². The van der Waals surface area contributed by atoms with Gasteiger partial charge >= 0.3 is 0 Å². The lowest BCUT2D eigenvalue weighted by atomic mass is 10.0. The van der Waals surface area contributed by atoms with Gasteiger partial charge in [-0.2, -0.15) is 0 Å². The number of methoxy groups -OCH3 is 2. The maximum Gasteiger partial charge on any atom is 0.146 e. The molecule has 104 valence electrons. The number of rotatable bonds is 4. The van der Waals surface area contributed by atoms with Crippen molar-refractivity contribution in [2.75, 3.05) is 14.2 Å². The summed E-state index contributed by atoms with van der Waals surface area (Å²) in [4.78, 5) is 0. The Balaban J connectivity index is 2.78. The lowest BCUT2D eigenvalue weighted by molar-refractivity contribution is 0.397. The number of hydrogen-bond acceptors (Lipinski definition) is 3. The summed E-state index contributed by atoms with van der Waals surface area (Å²) in [6, 6.07) is 4.10. The lowest BCUT2D eigenvalue weighted by Gasteiger charge is -2.08. The van der Waals surface area contributed by atoms with Crippen molar-refractivity contribution >= 4 is 10.9 Å². The Morgan fingerprint density at radius 2 is 1.95 bits per heavy atom. The highest BCUT2D eigenvalue weighted by atomic mass is 16.5. The van der Waals surface area contributed by atoms with Crippen LogP contribution in [0, 0.1) is 6.92 Å². The van der Waals surface area contributed by atoms with Crippen LogP contribution in [0.4, 0.5) is 0 Å². The molecule has 2 rings (SSSR count). The summed E-state index contributed by atoms with van der Waals surface area (Å²) in [5.74, 6) is 1.64. The third kappa shape index (κ3) is 2.28. The standard InChI is InChI=1S/C15H22N2O2/c1-9(16)6-12-10(2)17(3)15-13(12)7-11(18-4)8-14(15)19-5/h7-9H,6,16H2,1-5H3. The second kappa shape index (κ2) is 5.13.